The first-order valence-electron chi connectivity index (χ1n) is 5.41. The van der Waals surface area contributed by atoms with Crippen molar-refractivity contribution in [2.45, 2.75) is 6.54 Å². The van der Waals surface area contributed by atoms with Crippen LogP contribution in [0.4, 0.5) is 5.69 Å². The first-order chi connectivity index (χ1) is 9.92. The molecule has 11 heteroatoms. The van der Waals surface area contributed by atoms with Crippen LogP contribution < -0.4 is 16.7 Å². The Hall–Kier alpha value is -2.11. The molecule has 9 nitrogen and oxygen atoms in total. The molecular formula is C10H8BrN5O4S. The van der Waals surface area contributed by atoms with Crippen molar-refractivity contribution in [3.05, 3.63) is 53.3 Å². The average Bonchev–Trinajstić information content (AvgIpc) is 2.90. The second-order valence-electron chi connectivity index (χ2n) is 3.87. The van der Waals surface area contributed by atoms with Crippen LogP contribution in [0.15, 0.2) is 27.0 Å². The summed E-state index contributed by atoms with van der Waals surface area (Å²) in [6, 6.07) is 0. The van der Waals surface area contributed by atoms with Gasteiger partial charge in [0.25, 0.3) is 11.3 Å². The van der Waals surface area contributed by atoms with Crippen molar-refractivity contribution < 1.29 is 9.72 Å². The third kappa shape index (κ3) is 3.32. The number of hydrogen-bond acceptors (Lipinski definition) is 7. The fraction of sp³-hybridized carbons (Fsp3) is 0.100. The van der Waals surface area contributed by atoms with Crippen LogP contribution in [0.2, 0.25) is 0 Å². The van der Waals surface area contributed by atoms with E-state index in [2.05, 4.69) is 20.9 Å². The van der Waals surface area contributed by atoms with Gasteiger partial charge < -0.3 is 4.57 Å². The number of thiazole rings is 1. The van der Waals surface area contributed by atoms with Gasteiger partial charge in [0.05, 0.1) is 27.8 Å². The number of halogens is 1. The molecule has 0 unspecified atom stereocenters. The van der Waals surface area contributed by atoms with E-state index in [4.69, 9.17) is 5.84 Å². The maximum Gasteiger partial charge on any atom is 0.333 e. The molecule has 0 spiro atoms. The summed E-state index contributed by atoms with van der Waals surface area (Å²) in [4.78, 5) is 36.9. The van der Waals surface area contributed by atoms with E-state index in [9.17, 15) is 19.7 Å². The number of rotatable bonds is 4. The second kappa shape index (κ2) is 6.11. The van der Waals surface area contributed by atoms with E-state index in [0.717, 1.165) is 17.5 Å². The van der Waals surface area contributed by atoms with Crippen LogP contribution in [0.3, 0.4) is 0 Å². The smallest absolute Gasteiger partial charge is 0.333 e. The highest BCUT2D eigenvalue weighted by Gasteiger charge is 2.16. The molecule has 0 aromatic carbocycles. The molecule has 2 heterocycles. The van der Waals surface area contributed by atoms with Gasteiger partial charge in [0.2, 0.25) is 0 Å². The Kier molecular flexibility index (Phi) is 4.45. The van der Waals surface area contributed by atoms with Crippen molar-refractivity contribution in [3.63, 3.8) is 0 Å². The van der Waals surface area contributed by atoms with Crippen LogP contribution in [-0.4, -0.2) is 20.4 Å². The SMILES string of the molecule is NNC(=O)c1nc(Cn2cc(Br)c(=O)c([N+](=O)[O-])c2)cs1. The van der Waals surface area contributed by atoms with Crippen LogP contribution in [0.25, 0.3) is 0 Å². The second-order valence-corrected chi connectivity index (χ2v) is 5.58. The van der Waals surface area contributed by atoms with E-state index in [1.807, 2.05) is 5.43 Å². The fourth-order valence-corrected chi connectivity index (χ4v) is 2.71. The standard InChI is InChI=1S/C10H8BrN5O4S/c11-6-2-15(3-7(8(6)17)16(19)20)1-5-4-21-10(13-5)9(18)14-12/h2-4H,1,12H2,(H,14,18). The quantitative estimate of drug-likeness (QED) is 0.349. The minimum atomic E-state index is -0.752. The van der Waals surface area contributed by atoms with E-state index >= 15 is 0 Å². The first-order valence-corrected chi connectivity index (χ1v) is 7.09. The zero-order valence-electron chi connectivity index (χ0n) is 10.3. The molecule has 0 saturated heterocycles. The number of carbonyl (C=O) groups excluding carboxylic acids is 1. The Labute approximate surface area is 129 Å². The van der Waals surface area contributed by atoms with Crippen molar-refractivity contribution in [2.24, 2.45) is 5.84 Å². The van der Waals surface area contributed by atoms with Crippen LogP contribution in [0.1, 0.15) is 15.5 Å². The summed E-state index contributed by atoms with van der Waals surface area (Å²) < 4.78 is 1.51. The monoisotopic (exact) mass is 373 g/mol. The van der Waals surface area contributed by atoms with Gasteiger partial charge in [0.15, 0.2) is 5.01 Å². The lowest BCUT2D eigenvalue weighted by Gasteiger charge is -2.04. The van der Waals surface area contributed by atoms with Crippen molar-refractivity contribution in [1.82, 2.24) is 15.0 Å². The summed E-state index contributed by atoms with van der Waals surface area (Å²) in [5, 5.41) is 12.6. The number of pyridine rings is 1. The Bertz CT molecular complexity index is 771. The molecule has 0 bridgehead atoms. The van der Waals surface area contributed by atoms with Crippen molar-refractivity contribution in [2.75, 3.05) is 0 Å². The molecule has 2 rings (SSSR count). The van der Waals surface area contributed by atoms with Crippen LogP contribution in [-0.2, 0) is 6.54 Å². The van der Waals surface area contributed by atoms with E-state index in [1.54, 1.807) is 5.38 Å². The molecule has 0 aliphatic heterocycles. The van der Waals surface area contributed by atoms with E-state index < -0.39 is 21.9 Å². The summed E-state index contributed by atoms with van der Waals surface area (Å²) in [7, 11) is 0. The number of amides is 1. The van der Waals surface area contributed by atoms with Crippen LogP contribution >= 0.6 is 27.3 Å². The molecular weight excluding hydrogens is 366 g/mol. The largest absolute Gasteiger partial charge is 0.341 e. The number of nitrogens with two attached hydrogens (primary N) is 1. The van der Waals surface area contributed by atoms with Crippen LogP contribution in [0.5, 0.6) is 0 Å². The number of hydrazine groups is 1. The van der Waals surface area contributed by atoms with Gasteiger partial charge in [0.1, 0.15) is 0 Å². The van der Waals surface area contributed by atoms with Crippen molar-refractivity contribution in [1.29, 1.82) is 0 Å². The summed E-state index contributed by atoms with van der Waals surface area (Å²) in [6.07, 6.45) is 2.53. The van der Waals surface area contributed by atoms with Gasteiger partial charge in [-0.05, 0) is 15.9 Å². The molecule has 110 valence electrons. The lowest BCUT2D eigenvalue weighted by molar-refractivity contribution is -0.386. The number of hydrogen-bond donors (Lipinski definition) is 2. The number of aromatic nitrogens is 2. The molecule has 0 aliphatic carbocycles. The third-order valence-corrected chi connectivity index (χ3v) is 3.89. The molecule has 0 radical (unpaired) electrons. The van der Waals surface area contributed by atoms with Crippen molar-refractivity contribution >= 4 is 38.9 Å². The molecule has 21 heavy (non-hydrogen) atoms. The molecule has 2 aromatic rings. The molecule has 3 N–H and O–H groups in total. The fourth-order valence-electron chi connectivity index (χ4n) is 1.53. The minimum absolute atomic E-state index is 0.0758. The van der Waals surface area contributed by atoms with Crippen molar-refractivity contribution in [3.8, 4) is 0 Å². The first kappa shape index (κ1) is 15.3. The number of carbonyl (C=O) groups is 1. The Morgan fingerprint density at radius 2 is 2.29 bits per heavy atom. The van der Waals surface area contributed by atoms with Gasteiger partial charge >= 0.3 is 5.69 Å². The lowest BCUT2D eigenvalue weighted by atomic mass is 10.4. The summed E-state index contributed by atoms with van der Waals surface area (Å²) in [6.45, 7) is 0.175. The molecule has 1 amide bonds. The number of nitrogens with zero attached hydrogens (tertiary/aromatic N) is 3. The van der Waals surface area contributed by atoms with E-state index in [-0.39, 0.29) is 16.0 Å². The van der Waals surface area contributed by atoms with Gasteiger partial charge in [-0.3, -0.25) is 25.1 Å². The Morgan fingerprint density at radius 1 is 1.57 bits per heavy atom. The predicted octanol–water partition coefficient (Wildman–Crippen LogP) is 0.627. The Morgan fingerprint density at radius 3 is 2.90 bits per heavy atom. The number of nitro groups is 1. The minimum Gasteiger partial charge on any atom is -0.341 e. The molecule has 0 atom stereocenters. The normalized spacial score (nSPS) is 10.4. The number of nitrogens with one attached hydrogen (secondary N) is 1. The molecule has 0 aliphatic rings. The molecule has 2 aromatic heterocycles. The van der Waals surface area contributed by atoms with E-state index in [0.29, 0.717) is 5.69 Å². The molecule has 0 saturated carbocycles. The van der Waals surface area contributed by atoms with Gasteiger partial charge in [-0.25, -0.2) is 10.8 Å². The molecule has 0 fully saturated rings. The highest BCUT2D eigenvalue weighted by atomic mass is 79.9. The maximum absolute atomic E-state index is 11.6. The predicted molar refractivity (Wildman–Crippen MR) is 77.9 cm³/mol. The average molecular weight is 374 g/mol. The maximum atomic E-state index is 11.6. The van der Waals surface area contributed by atoms with E-state index in [1.165, 1.54) is 10.8 Å². The van der Waals surface area contributed by atoms with Gasteiger partial charge in [-0.15, -0.1) is 11.3 Å². The summed E-state index contributed by atoms with van der Waals surface area (Å²) in [5.41, 5.74) is 1.24. The summed E-state index contributed by atoms with van der Waals surface area (Å²) >= 11 is 4.08. The highest BCUT2D eigenvalue weighted by molar-refractivity contribution is 9.10. The van der Waals surface area contributed by atoms with Crippen LogP contribution in [0, 0.1) is 10.1 Å². The lowest BCUT2D eigenvalue weighted by Crippen LogP contribution is -2.29. The zero-order chi connectivity index (χ0) is 15.6. The third-order valence-electron chi connectivity index (χ3n) is 2.44. The summed E-state index contributed by atoms with van der Waals surface area (Å²) in [5.74, 6) is 4.49. The number of nitrogen functional groups attached to an aromatic ring is 1. The topological polar surface area (TPSA) is 133 Å². The van der Waals surface area contributed by atoms with Gasteiger partial charge in [0, 0.05) is 11.6 Å². The zero-order valence-corrected chi connectivity index (χ0v) is 12.7. The van der Waals surface area contributed by atoms with Gasteiger partial charge in [-0.2, -0.15) is 0 Å². The van der Waals surface area contributed by atoms with Gasteiger partial charge in [-0.1, -0.05) is 0 Å². The highest BCUT2D eigenvalue weighted by Crippen LogP contribution is 2.14. The Balaban J connectivity index is 2.32.